The van der Waals surface area contributed by atoms with Crippen LogP contribution in [0.3, 0.4) is 0 Å². The van der Waals surface area contributed by atoms with Crippen molar-refractivity contribution in [2.45, 2.75) is 19.3 Å². The molecule has 2 nitrogen and oxygen atoms in total. The van der Waals surface area contributed by atoms with E-state index in [1.807, 2.05) is 5.94 Å². The molecule has 1 heterocycles. The van der Waals surface area contributed by atoms with E-state index in [2.05, 4.69) is 20.9 Å². The second-order valence-corrected chi connectivity index (χ2v) is 3.94. The van der Waals surface area contributed by atoms with Crippen molar-refractivity contribution in [2.24, 2.45) is 0 Å². The van der Waals surface area contributed by atoms with Crippen LogP contribution in [0.5, 0.6) is 0 Å². The summed E-state index contributed by atoms with van der Waals surface area (Å²) in [7, 11) is 0. The van der Waals surface area contributed by atoms with E-state index < -0.39 is 0 Å². The lowest BCUT2D eigenvalue weighted by molar-refractivity contribution is 0.568. The fourth-order valence-corrected chi connectivity index (χ4v) is 2.19. The molecule has 0 aromatic carbocycles. The molecule has 1 aromatic heterocycles. The molecule has 0 aliphatic heterocycles. The molecule has 0 bridgehead atoms. The molecule has 1 aromatic rings. The summed E-state index contributed by atoms with van der Waals surface area (Å²) >= 11 is 3.43. The van der Waals surface area contributed by atoms with Gasteiger partial charge in [-0.15, -0.1) is 0 Å². The highest BCUT2D eigenvalue weighted by atomic mass is 79.9. The van der Waals surface area contributed by atoms with Crippen molar-refractivity contribution in [1.29, 1.82) is 0 Å². The molecular weight excluding hydrogens is 230 g/mol. The van der Waals surface area contributed by atoms with Crippen molar-refractivity contribution in [3.05, 3.63) is 28.0 Å². The van der Waals surface area contributed by atoms with Crippen LogP contribution in [0.4, 0.5) is 0 Å². The van der Waals surface area contributed by atoms with Crippen LogP contribution in [0.25, 0.3) is 5.57 Å². The molecule has 0 atom stereocenters. The van der Waals surface area contributed by atoms with Crippen LogP contribution in [0, 0.1) is 0 Å². The zero-order valence-electron chi connectivity index (χ0n) is 7.01. The van der Waals surface area contributed by atoms with Gasteiger partial charge in [-0.2, -0.15) is 0 Å². The zero-order valence-corrected chi connectivity index (χ0v) is 8.60. The Hall–Kier alpha value is -0.920. The molecule has 0 amide bonds. The molecule has 0 spiro atoms. The van der Waals surface area contributed by atoms with E-state index in [1.54, 1.807) is 12.4 Å². The van der Waals surface area contributed by atoms with Crippen LogP contribution in [-0.4, -0.2) is 10.9 Å². The average molecular weight is 238 g/mol. The predicted molar refractivity (Wildman–Crippen MR) is 54.0 cm³/mol. The van der Waals surface area contributed by atoms with E-state index in [-0.39, 0.29) is 0 Å². The van der Waals surface area contributed by atoms with Gasteiger partial charge in [0.15, 0.2) is 0 Å². The average Bonchev–Trinajstić information content (AvgIpc) is 2.18. The molecule has 0 fully saturated rings. The molecule has 0 unspecified atom stereocenters. The van der Waals surface area contributed by atoms with E-state index in [0.717, 1.165) is 34.9 Å². The Morgan fingerprint density at radius 3 is 3.00 bits per heavy atom. The van der Waals surface area contributed by atoms with E-state index >= 15 is 0 Å². The minimum atomic E-state index is 0.759. The first-order valence-corrected chi connectivity index (χ1v) is 4.99. The van der Waals surface area contributed by atoms with Gasteiger partial charge in [-0.3, -0.25) is 4.98 Å². The minimum Gasteiger partial charge on any atom is -0.263 e. The molecule has 2 rings (SSSR count). The summed E-state index contributed by atoms with van der Waals surface area (Å²) in [5.74, 6) is 1.99. The summed E-state index contributed by atoms with van der Waals surface area (Å²) < 4.78 is 0.998. The molecule has 0 N–H and O–H groups in total. The number of hydrogen-bond donors (Lipinski definition) is 0. The van der Waals surface area contributed by atoms with Crippen LogP contribution in [-0.2, 0) is 11.2 Å². The Morgan fingerprint density at radius 1 is 1.38 bits per heavy atom. The van der Waals surface area contributed by atoms with Crippen molar-refractivity contribution >= 4 is 27.4 Å². The Bertz CT molecular complexity index is 394. The molecule has 3 heteroatoms. The highest BCUT2D eigenvalue weighted by Crippen LogP contribution is 2.32. The van der Waals surface area contributed by atoms with Crippen molar-refractivity contribution in [1.82, 2.24) is 4.98 Å². The molecule has 1 aliphatic carbocycles. The maximum Gasteiger partial charge on any atom is 0.128 e. The number of fused-ring (bicyclic) bond motifs is 1. The zero-order chi connectivity index (χ0) is 9.26. The topological polar surface area (TPSA) is 30.0 Å². The molecule has 0 saturated heterocycles. The van der Waals surface area contributed by atoms with Crippen molar-refractivity contribution < 1.29 is 4.79 Å². The van der Waals surface area contributed by atoms with Crippen LogP contribution in [0.2, 0.25) is 0 Å². The van der Waals surface area contributed by atoms with Crippen molar-refractivity contribution in [2.75, 3.05) is 0 Å². The number of allylic oxidation sites excluding steroid dienone is 1. The highest BCUT2D eigenvalue weighted by molar-refractivity contribution is 9.10. The lowest BCUT2D eigenvalue weighted by Crippen LogP contribution is -2.03. The second-order valence-electron chi connectivity index (χ2n) is 3.08. The van der Waals surface area contributed by atoms with Gasteiger partial charge in [0.25, 0.3) is 0 Å². The third-order valence-electron chi connectivity index (χ3n) is 2.31. The lowest BCUT2D eigenvalue weighted by atomic mass is 9.90. The molecule has 0 radical (unpaired) electrons. The van der Waals surface area contributed by atoms with Gasteiger partial charge in [0.05, 0.1) is 0 Å². The summed E-state index contributed by atoms with van der Waals surface area (Å²) in [6.07, 6.45) is 6.39. The largest absolute Gasteiger partial charge is 0.263 e. The smallest absolute Gasteiger partial charge is 0.128 e. The normalized spacial score (nSPS) is 15.0. The second kappa shape index (κ2) is 3.44. The number of aromatic nitrogens is 1. The highest BCUT2D eigenvalue weighted by Gasteiger charge is 2.17. The number of carbonyl (C=O) groups excluding carboxylic acids is 1. The maximum atomic E-state index is 10.6. The number of hydrogen-bond acceptors (Lipinski definition) is 2. The van der Waals surface area contributed by atoms with E-state index in [4.69, 9.17) is 0 Å². The Morgan fingerprint density at radius 2 is 2.23 bits per heavy atom. The number of pyridine rings is 1. The van der Waals surface area contributed by atoms with Gasteiger partial charge in [-0.1, -0.05) is 0 Å². The van der Waals surface area contributed by atoms with Crippen LogP contribution >= 0.6 is 15.9 Å². The first kappa shape index (κ1) is 8.67. The van der Waals surface area contributed by atoms with E-state index in [1.165, 1.54) is 5.56 Å². The van der Waals surface area contributed by atoms with Crippen molar-refractivity contribution in [3.63, 3.8) is 0 Å². The number of nitrogens with zero attached hydrogens (tertiary/aromatic N) is 1. The molecule has 66 valence electrons. The molecule has 0 saturated carbocycles. The molecule has 13 heavy (non-hydrogen) atoms. The first-order chi connectivity index (χ1) is 6.33. The van der Waals surface area contributed by atoms with Gasteiger partial charge >= 0.3 is 0 Å². The molecular formula is C10H8BrNO. The van der Waals surface area contributed by atoms with Gasteiger partial charge in [-0.05, 0) is 40.8 Å². The van der Waals surface area contributed by atoms with Crippen LogP contribution in [0.15, 0.2) is 16.9 Å². The van der Waals surface area contributed by atoms with Gasteiger partial charge in [0.1, 0.15) is 5.94 Å². The van der Waals surface area contributed by atoms with Gasteiger partial charge in [-0.25, -0.2) is 4.79 Å². The quantitative estimate of drug-likeness (QED) is 0.649. The third kappa shape index (κ3) is 1.45. The lowest BCUT2D eigenvalue weighted by Gasteiger charge is -2.16. The Balaban J connectivity index is 2.64. The van der Waals surface area contributed by atoms with Gasteiger partial charge < -0.3 is 0 Å². The predicted octanol–water partition coefficient (Wildman–Crippen LogP) is 2.40. The maximum absolute atomic E-state index is 10.6. The van der Waals surface area contributed by atoms with Crippen molar-refractivity contribution in [3.8, 4) is 0 Å². The number of halogens is 1. The van der Waals surface area contributed by atoms with Gasteiger partial charge in [0.2, 0.25) is 0 Å². The summed E-state index contributed by atoms with van der Waals surface area (Å²) in [5, 5.41) is 0. The fourth-order valence-electron chi connectivity index (χ4n) is 1.66. The SMILES string of the molecule is O=C=C1CCCc2c(Br)cncc21. The first-order valence-electron chi connectivity index (χ1n) is 4.19. The van der Waals surface area contributed by atoms with E-state index in [9.17, 15) is 4.79 Å². The molecule has 1 aliphatic rings. The summed E-state index contributed by atoms with van der Waals surface area (Å²) in [4.78, 5) is 14.7. The van der Waals surface area contributed by atoms with Gasteiger partial charge in [0, 0.05) is 28.0 Å². The summed E-state index contributed by atoms with van der Waals surface area (Å²) in [6.45, 7) is 0. The monoisotopic (exact) mass is 237 g/mol. The summed E-state index contributed by atoms with van der Waals surface area (Å²) in [6, 6.07) is 0. The fraction of sp³-hybridized carbons (Fsp3) is 0.300. The summed E-state index contributed by atoms with van der Waals surface area (Å²) in [5.41, 5.74) is 2.92. The minimum absolute atomic E-state index is 0.759. The number of rotatable bonds is 0. The third-order valence-corrected chi connectivity index (χ3v) is 2.99. The standard InChI is InChI=1S/C10H8BrNO/c11-10-5-12-4-9-7(6-13)2-1-3-8(9)10/h4-5H,1-3H2. The van der Waals surface area contributed by atoms with E-state index in [0.29, 0.717) is 0 Å². The Labute approximate surface area is 84.8 Å². The Kier molecular flexibility index (Phi) is 2.30. The van der Waals surface area contributed by atoms with Crippen LogP contribution < -0.4 is 0 Å². The van der Waals surface area contributed by atoms with Crippen LogP contribution in [0.1, 0.15) is 24.0 Å².